The third-order valence-electron chi connectivity index (χ3n) is 6.70. The monoisotopic (exact) mass is 494 g/mol. The second-order valence-corrected chi connectivity index (χ2v) is 11.9. The Kier molecular flexibility index (Phi) is 14.1. The summed E-state index contributed by atoms with van der Waals surface area (Å²) in [5.41, 5.74) is 2.78. The van der Waals surface area contributed by atoms with Crippen LogP contribution in [-0.2, 0) is 11.2 Å². The van der Waals surface area contributed by atoms with E-state index >= 15 is 0 Å². The van der Waals surface area contributed by atoms with Gasteiger partial charge in [-0.25, -0.2) is 0 Å². The van der Waals surface area contributed by atoms with Crippen molar-refractivity contribution < 1.29 is 4.74 Å². The van der Waals surface area contributed by atoms with Gasteiger partial charge in [-0.05, 0) is 50.0 Å². The van der Waals surface area contributed by atoms with Gasteiger partial charge in [-0.2, -0.15) is 0 Å². The lowest BCUT2D eigenvalue weighted by molar-refractivity contribution is 0.416. The minimum Gasteiger partial charge on any atom is -0.486 e. The summed E-state index contributed by atoms with van der Waals surface area (Å²) < 4.78 is 8.15. The topological polar surface area (TPSA) is 9.23 Å². The first-order chi connectivity index (χ1) is 15.6. The van der Waals surface area contributed by atoms with E-state index in [2.05, 4.69) is 20.8 Å². The molecule has 0 amide bonds. The minimum absolute atomic E-state index is 0.634. The van der Waals surface area contributed by atoms with Gasteiger partial charge in [0.1, 0.15) is 0 Å². The molecule has 4 heteroatoms. The van der Waals surface area contributed by atoms with Gasteiger partial charge >= 0.3 is 0 Å². The van der Waals surface area contributed by atoms with Crippen LogP contribution >= 0.6 is 34.9 Å². The van der Waals surface area contributed by atoms with Crippen molar-refractivity contribution in [3.63, 3.8) is 0 Å². The second-order valence-electron chi connectivity index (χ2n) is 9.41. The number of hydrogen-bond donors (Lipinski definition) is 0. The fraction of sp³-hybridized carbons (Fsp3) is 0.750. The number of methoxy groups -OCH3 is 1. The van der Waals surface area contributed by atoms with E-state index in [9.17, 15) is 0 Å². The van der Waals surface area contributed by atoms with Gasteiger partial charge in [0.25, 0.3) is 0 Å². The van der Waals surface area contributed by atoms with E-state index in [1.165, 1.54) is 130 Å². The van der Waals surface area contributed by atoms with Crippen molar-refractivity contribution in [3.8, 4) is 0 Å². The maximum Gasteiger partial charge on any atom is 0.201 e. The van der Waals surface area contributed by atoms with Gasteiger partial charge in [0, 0.05) is 14.3 Å². The number of thiocarbonyl (C=S) groups is 1. The molecule has 0 atom stereocenters. The van der Waals surface area contributed by atoms with Crippen molar-refractivity contribution in [1.82, 2.24) is 0 Å². The van der Waals surface area contributed by atoms with Crippen LogP contribution in [0.2, 0.25) is 0 Å². The second kappa shape index (κ2) is 16.2. The van der Waals surface area contributed by atoms with Crippen molar-refractivity contribution in [2.45, 2.75) is 130 Å². The third kappa shape index (κ3) is 9.06. The molecule has 0 fully saturated rings. The molecule has 0 aliphatic carbocycles. The molecule has 0 aliphatic rings. The zero-order valence-corrected chi connectivity index (χ0v) is 23.6. The molecule has 0 bridgehead atoms. The summed E-state index contributed by atoms with van der Waals surface area (Å²) in [5.74, 6) is 0. The maximum absolute atomic E-state index is 5.36. The molecular weight excluding hydrogens is 449 g/mol. The van der Waals surface area contributed by atoms with Crippen LogP contribution in [0.15, 0.2) is 0 Å². The molecule has 2 rings (SSSR count). The molecule has 0 saturated carbocycles. The predicted molar refractivity (Wildman–Crippen MR) is 151 cm³/mol. The molecule has 0 spiro atoms. The maximum atomic E-state index is 5.36. The fourth-order valence-corrected chi connectivity index (χ4v) is 7.61. The quantitative estimate of drug-likeness (QED) is 0.150. The standard InChI is InChI=1S/C28H46OS3/c1-5-6-7-8-9-10-11-12-13-14-15-16-17-18-19-20-21-24-22(2)25-26(31-24)23(3)27(32-25)28(30)29-4/h5-21H2,1-4H3. The van der Waals surface area contributed by atoms with Gasteiger partial charge in [0.15, 0.2) is 0 Å². The molecule has 0 radical (unpaired) electrons. The van der Waals surface area contributed by atoms with Crippen LogP contribution in [0.25, 0.3) is 9.40 Å². The number of fused-ring (bicyclic) bond motifs is 1. The minimum atomic E-state index is 0.634. The molecule has 182 valence electrons. The number of hydrogen-bond acceptors (Lipinski definition) is 4. The fourth-order valence-electron chi connectivity index (χ4n) is 4.55. The summed E-state index contributed by atoms with van der Waals surface area (Å²) in [6, 6.07) is 0. The zero-order chi connectivity index (χ0) is 23.2. The van der Waals surface area contributed by atoms with E-state index in [4.69, 9.17) is 17.0 Å². The van der Waals surface area contributed by atoms with Crippen LogP contribution in [0.4, 0.5) is 0 Å². The lowest BCUT2D eigenvalue weighted by Gasteiger charge is -2.04. The normalized spacial score (nSPS) is 11.5. The van der Waals surface area contributed by atoms with E-state index in [0.717, 1.165) is 4.88 Å². The Morgan fingerprint density at radius 3 is 1.53 bits per heavy atom. The lowest BCUT2D eigenvalue weighted by Crippen LogP contribution is -1.97. The Hall–Kier alpha value is -0.450. The lowest BCUT2D eigenvalue weighted by atomic mass is 10.0. The largest absolute Gasteiger partial charge is 0.486 e. The Balaban J connectivity index is 1.49. The number of unbranched alkanes of at least 4 members (excludes halogenated alkanes) is 15. The van der Waals surface area contributed by atoms with Crippen LogP contribution < -0.4 is 0 Å². The van der Waals surface area contributed by atoms with E-state index in [0.29, 0.717) is 5.05 Å². The van der Waals surface area contributed by atoms with Crippen molar-refractivity contribution >= 4 is 49.3 Å². The van der Waals surface area contributed by atoms with Crippen molar-refractivity contribution in [1.29, 1.82) is 0 Å². The molecule has 0 aromatic carbocycles. The van der Waals surface area contributed by atoms with Gasteiger partial charge in [-0.1, -0.05) is 103 Å². The summed E-state index contributed by atoms with van der Waals surface area (Å²) in [4.78, 5) is 2.72. The SMILES string of the molecule is CCCCCCCCCCCCCCCCCCc1sc2c(C)c(C(=S)OC)sc2c1C. The van der Waals surface area contributed by atoms with Crippen molar-refractivity contribution in [2.75, 3.05) is 7.11 Å². The van der Waals surface area contributed by atoms with Gasteiger partial charge < -0.3 is 4.74 Å². The smallest absolute Gasteiger partial charge is 0.201 e. The highest BCUT2D eigenvalue weighted by molar-refractivity contribution is 7.80. The molecule has 0 aliphatic heterocycles. The number of aryl methyl sites for hydroxylation is 3. The van der Waals surface area contributed by atoms with Crippen LogP contribution in [0.1, 0.15) is 131 Å². The molecule has 0 saturated heterocycles. The van der Waals surface area contributed by atoms with E-state index < -0.39 is 0 Å². The highest BCUT2D eigenvalue weighted by Gasteiger charge is 2.18. The van der Waals surface area contributed by atoms with E-state index in [-0.39, 0.29) is 0 Å². The Morgan fingerprint density at radius 2 is 1.09 bits per heavy atom. The van der Waals surface area contributed by atoms with Crippen LogP contribution in [-0.4, -0.2) is 12.2 Å². The van der Waals surface area contributed by atoms with Gasteiger partial charge in [0.05, 0.1) is 12.0 Å². The first-order valence-electron chi connectivity index (χ1n) is 13.2. The Bertz CT molecular complexity index is 786. The summed E-state index contributed by atoms with van der Waals surface area (Å²) >= 11 is 9.16. The van der Waals surface area contributed by atoms with Crippen LogP contribution in [0, 0.1) is 13.8 Å². The molecule has 2 heterocycles. The molecular formula is C28H46OS3. The third-order valence-corrected chi connectivity index (χ3v) is 10.2. The molecule has 1 nitrogen and oxygen atoms in total. The van der Waals surface area contributed by atoms with Gasteiger partial charge in [0.2, 0.25) is 5.05 Å². The first kappa shape index (κ1) is 27.8. The van der Waals surface area contributed by atoms with E-state index in [1.54, 1.807) is 12.0 Å². The van der Waals surface area contributed by atoms with Crippen molar-refractivity contribution in [3.05, 3.63) is 20.9 Å². The summed E-state index contributed by atoms with van der Waals surface area (Å²) in [5, 5.41) is 0.634. The molecule has 0 N–H and O–H groups in total. The molecule has 2 aromatic rings. The molecule has 32 heavy (non-hydrogen) atoms. The number of ether oxygens (including phenoxy) is 1. The van der Waals surface area contributed by atoms with E-state index in [1.807, 2.05) is 22.7 Å². The average molecular weight is 495 g/mol. The van der Waals surface area contributed by atoms with Gasteiger partial charge in [-0.3, -0.25) is 0 Å². The van der Waals surface area contributed by atoms with Crippen molar-refractivity contribution in [2.24, 2.45) is 0 Å². The summed E-state index contributed by atoms with van der Waals surface area (Å²) in [7, 11) is 1.67. The zero-order valence-electron chi connectivity index (χ0n) is 21.2. The Morgan fingerprint density at radius 1 is 0.656 bits per heavy atom. The van der Waals surface area contributed by atoms with Gasteiger partial charge in [-0.15, -0.1) is 22.7 Å². The predicted octanol–water partition coefficient (Wildman–Crippen LogP) is 10.7. The molecule has 2 aromatic heterocycles. The Labute approximate surface area is 211 Å². The first-order valence-corrected chi connectivity index (χ1v) is 15.2. The highest BCUT2D eigenvalue weighted by Crippen LogP contribution is 2.41. The molecule has 0 unspecified atom stereocenters. The van der Waals surface area contributed by atoms with Crippen LogP contribution in [0.3, 0.4) is 0 Å². The number of thiophene rings is 2. The highest BCUT2D eigenvalue weighted by atomic mass is 32.1. The summed E-state index contributed by atoms with van der Waals surface area (Å²) in [6.07, 6.45) is 24.1. The number of rotatable bonds is 18. The average Bonchev–Trinajstić information content (AvgIpc) is 3.29. The summed E-state index contributed by atoms with van der Waals surface area (Å²) in [6.45, 7) is 6.77. The van der Waals surface area contributed by atoms with Crippen LogP contribution in [0.5, 0.6) is 0 Å².